The number of hydrogen-bond acceptors (Lipinski definition) is 6. The van der Waals surface area contributed by atoms with E-state index in [4.69, 9.17) is 18.9 Å². The fourth-order valence-electron chi connectivity index (χ4n) is 3.37. The summed E-state index contributed by atoms with van der Waals surface area (Å²) in [5, 5.41) is 2.04. The van der Waals surface area contributed by atoms with Crippen LogP contribution in [0.15, 0.2) is 34.1 Å². The van der Waals surface area contributed by atoms with Crippen molar-refractivity contribution in [3.8, 4) is 22.3 Å². The van der Waals surface area contributed by atoms with Gasteiger partial charge in [-0.3, -0.25) is 4.90 Å². The van der Waals surface area contributed by atoms with Gasteiger partial charge < -0.3 is 13.9 Å². The van der Waals surface area contributed by atoms with Crippen molar-refractivity contribution in [2.75, 3.05) is 20.8 Å². The van der Waals surface area contributed by atoms with E-state index in [-0.39, 0.29) is 0 Å². The van der Waals surface area contributed by atoms with Crippen LogP contribution in [0.4, 0.5) is 0 Å². The van der Waals surface area contributed by atoms with Gasteiger partial charge in [-0.15, -0.1) is 11.3 Å². The van der Waals surface area contributed by atoms with Crippen molar-refractivity contribution >= 4 is 11.3 Å². The van der Waals surface area contributed by atoms with Gasteiger partial charge in [0, 0.05) is 19.6 Å². The van der Waals surface area contributed by atoms with Crippen LogP contribution in [0.5, 0.6) is 11.5 Å². The summed E-state index contributed by atoms with van der Waals surface area (Å²) in [4.78, 5) is 8.19. The highest BCUT2D eigenvalue weighted by Gasteiger charge is 2.22. The van der Waals surface area contributed by atoms with Gasteiger partial charge in [-0.2, -0.15) is 0 Å². The molecule has 1 aliphatic heterocycles. The standard InChI is InChI=1S/C20H22N2O3S/c1-13-16(21-20(25-13)19-5-4-8-26-19)12-22-7-6-14-9-17(23-2)18(24-3)10-15(14)11-22/h4-5,8-10H,6-7,11-12H2,1-3H3. The minimum atomic E-state index is 0.719. The van der Waals surface area contributed by atoms with Gasteiger partial charge in [-0.1, -0.05) is 6.07 Å². The van der Waals surface area contributed by atoms with Crippen molar-refractivity contribution < 1.29 is 13.9 Å². The second kappa shape index (κ2) is 7.13. The van der Waals surface area contributed by atoms with Crippen molar-refractivity contribution in [2.45, 2.75) is 26.4 Å². The van der Waals surface area contributed by atoms with E-state index in [9.17, 15) is 0 Å². The minimum Gasteiger partial charge on any atom is -0.493 e. The number of nitrogens with zero attached hydrogens (tertiary/aromatic N) is 2. The molecule has 3 heterocycles. The van der Waals surface area contributed by atoms with Crippen LogP contribution in [0.25, 0.3) is 10.8 Å². The molecular weight excluding hydrogens is 348 g/mol. The quantitative estimate of drug-likeness (QED) is 0.671. The van der Waals surface area contributed by atoms with Crippen LogP contribution in [0.2, 0.25) is 0 Å². The van der Waals surface area contributed by atoms with Crippen molar-refractivity contribution in [3.63, 3.8) is 0 Å². The first kappa shape index (κ1) is 17.1. The Morgan fingerprint density at radius 3 is 2.65 bits per heavy atom. The van der Waals surface area contributed by atoms with Gasteiger partial charge >= 0.3 is 0 Å². The summed E-state index contributed by atoms with van der Waals surface area (Å²) in [5.41, 5.74) is 3.63. The van der Waals surface area contributed by atoms with Gasteiger partial charge in [0.2, 0.25) is 5.89 Å². The zero-order valence-corrected chi connectivity index (χ0v) is 16.1. The molecule has 1 aliphatic rings. The summed E-state index contributed by atoms with van der Waals surface area (Å²) in [5.74, 6) is 3.20. The zero-order valence-electron chi connectivity index (χ0n) is 15.2. The predicted molar refractivity (Wildman–Crippen MR) is 102 cm³/mol. The average Bonchev–Trinajstić information content (AvgIpc) is 3.31. The predicted octanol–water partition coefficient (Wildman–Crippen LogP) is 4.29. The normalized spacial score (nSPS) is 14.3. The molecule has 0 saturated heterocycles. The van der Waals surface area contributed by atoms with Crippen LogP contribution in [-0.4, -0.2) is 30.6 Å². The first-order valence-electron chi connectivity index (χ1n) is 8.64. The fourth-order valence-corrected chi connectivity index (χ4v) is 4.02. The van der Waals surface area contributed by atoms with Crippen molar-refractivity contribution in [2.24, 2.45) is 0 Å². The van der Waals surface area contributed by atoms with Crippen LogP contribution in [-0.2, 0) is 19.5 Å². The highest BCUT2D eigenvalue weighted by atomic mass is 32.1. The lowest BCUT2D eigenvalue weighted by Crippen LogP contribution is -2.30. The second-order valence-corrected chi connectivity index (χ2v) is 7.38. The molecule has 0 bridgehead atoms. The number of oxazole rings is 1. The topological polar surface area (TPSA) is 47.7 Å². The Kier molecular flexibility index (Phi) is 4.70. The fraction of sp³-hybridized carbons (Fsp3) is 0.350. The molecule has 0 unspecified atom stereocenters. The molecule has 6 heteroatoms. The Morgan fingerprint density at radius 1 is 1.19 bits per heavy atom. The minimum absolute atomic E-state index is 0.719. The highest BCUT2D eigenvalue weighted by molar-refractivity contribution is 7.13. The van der Waals surface area contributed by atoms with Crippen LogP contribution in [0.3, 0.4) is 0 Å². The maximum absolute atomic E-state index is 5.87. The van der Waals surface area contributed by atoms with E-state index in [2.05, 4.69) is 17.0 Å². The molecule has 0 spiro atoms. The maximum Gasteiger partial charge on any atom is 0.236 e. The Balaban J connectivity index is 1.53. The first-order valence-corrected chi connectivity index (χ1v) is 9.52. The molecule has 0 fully saturated rings. The number of fused-ring (bicyclic) bond motifs is 1. The average molecular weight is 370 g/mol. The molecule has 0 aliphatic carbocycles. The number of aryl methyl sites for hydroxylation is 1. The monoisotopic (exact) mass is 370 g/mol. The van der Waals surface area contributed by atoms with E-state index >= 15 is 0 Å². The third-order valence-electron chi connectivity index (χ3n) is 4.80. The number of rotatable bonds is 5. The Labute approximate surface area is 157 Å². The Hall–Kier alpha value is -2.31. The molecule has 0 atom stereocenters. The van der Waals surface area contributed by atoms with Gasteiger partial charge in [0.05, 0.1) is 24.8 Å². The van der Waals surface area contributed by atoms with E-state index in [0.29, 0.717) is 0 Å². The number of hydrogen-bond donors (Lipinski definition) is 0. The first-order chi connectivity index (χ1) is 12.7. The van der Waals surface area contributed by atoms with Gasteiger partial charge in [0.25, 0.3) is 0 Å². The molecule has 0 radical (unpaired) electrons. The van der Waals surface area contributed by atoms with Crippen LogP contribution in [0.1, 0.15) is 22.6 Å². The second-order valence-electron chi connectivity index (χ2n) is 6.44. The summed E-state index contributed by atoms with van der Waals surface area (Å²) in [6, 6.07) is 8.24. The molecule has 0 saturated carbocycles. The van der Waals surface area contributed by atoms with Crippen LogP contribution >= 0.6 is 11.3 Å². The molecule has 0 N–H and O–H groups in total. The van der Waals surface area contributed by atoms with Crippen molar-refractivity contribution in [3.05, 3.63) is 52.2 Å². The van der Waals surface area contributed by atoms with Gasteiger partial charge in [0.15, 0.2) is 11.5 Å². The maximum atomic E-state index is 5.87. The molecule has 3 aromatic rings. The van der Waals surface area contributed by atoms with Gasteiger partial charge in [-0.25, -0.2) is 4.98 Å². The van der Waals surface area contributed by atoms with E-state index in [1.54, 1.807) is 25.6 Å². The van der Waals surface area contributed by atoms with Crippen molar-refractivity contribution in [1.82, 2.24) is 9.88 Å². The van der Waals surface area contributed by atoms with E-state index in [1.807, 2.05) is 24.4 Å². The highest BCUT2D eigenvalue weighted by Crippen LogP contribution is 2.34. The van der Waals surface area contributed by atoms with Crippen LogP contribution in [0, 0.1) is 6.92 Å². The van der Waals surface area contributed by atoms with Gasteiger partial charge in [0.1, 0.15) is 5.76 Å². The summed E-state index contributed by atoms with van der Waals surface area (Å²) in [7, 11) is 3.35. The summed E-state index contributed by atoms with van der Waals surface area (Å²) < 4.78 is 16.7. The smallest absolute Gasteiger partial charge is 0.236 e. The third-order valence-corrected chi connectivity index (χ3v) is 5.65. The van der Waals surface area contributed by atoms with Gasteiger partial charge in [-0.05, 0) is 48.1 Å². The van der Waals surface area contributed by atoms with Crippen molar-refractivity contribution in [1.29, 1.82) is 0 Å². The lowest BCUT2D eigenvalue weighted by atomic mass is 9.98. The molecular formula is C20H22N2O3S. The molecule has 2 aromatic heterocycles. The lowest BCUT2D eigenvalue weighted by Gasteiger charge is -2.29. The molecule has 26 heavy (non-hydrogen) atoms. The molecule has 0 amide bonds. The number of aromatic nitrogens is 1. The van der Waals surface area contributed by atoms with E-state index in [0.717, 1.165) is 59.8 Å². The number of thiophene rings is 1. The van der Waals surface area contributed by atoms with E-state index < -0.39 is 0 Å². The molecule has 5 nitrogen and oxygen atoms in total. The molecule has 136 valence electrons. The molecule has 1 aromatic carbocycles. The number of methoxy groups -OCH3 is 2. The summed E-state index contributed by atoms with van der Waals surface area (Å²) >= 11 is 1.65. The Morgan fingerprint density at radius 2 is 1.96 bits per heavy atom. The number of ether oxygens (including phenoxy) is 2. The summed E-state index contributed by atoms with van der Waals surface area (Å²) in [6.45, 7) is 4.64. The van der Waals surface area contributed by atoms with Crippen LogP contribution < -0.4 is 9.47 Å². The third kappa shape index (κ3) is 3.22. The number of benzene rings is 1. The lowest BCUT2D eigenvalue weighted by molar-refractivity contribution is 0.240. The Bertz CT molecular complexity index is 902. The van der Waals surface area contributed by atoms with E-state index in [1.165, 1.54) is 11.1 Å². The summed E-state index contributed by atoms with van der Waals surface area (Å²) in [6.07, 6.45) is 0.990. The largest absolute Gasteiger partial charge is 0.493 e. The SMILES string of the molecule is COc1cc2c(cc1OC)CN(Cc1nc(-c3cccs3)oc1C)CC2. The zero-order chi connectivity index (χ0) is 18.1. The molecule has 4 rings (SSSR count).